The van der Waals surface area contributed by atoms with Crippen LogP contribution in [0.1, 0.15) is 0 Å². The van der Waals surface area contributed by atoms with Crippen molar-refractivity contribution in [3.63, 3.8) is 0 Å². The maximum atomic E-state index is 5.49. The molecule has 1 aromatic heterocycles. The van der Waals surface area contributed by atoms with E-state index in [1.165, 1.54) is 0 Å². The van der Waals surface area contributed by atoms with Crippen LogP contribution in [0, 0.1) is 0 Å². The summed E-state index contributed by atoms with van der Waals surface area (Å²) in [7, 11) is 0. The molecule has 2 nitrogen and oxygen atoms in total. The number of rotatable bonds is 1. The van der Waals surface area contributed by atoms with E-state index in [2.05, 4.69) is 10.2 Å². The molecule has 0 aromatic carbocycles. The first kappa shape index (κ1) is 6.83. The minimum atomic E-state index is 0.438. The Hall–Kier alpha value is -0.280. The summed E-state index contributed by atoms with van der Waals surface area (Å²) in [4.78, 5) is 0. The summed E-state index contributed by atoms with van der Waals surface area (Å²) in [6.45, 7) is 0. The summed E-state index contributed by atoms with van der Waals surface area (Å²) in [6, 6.07) is 3.56. The Kier molecular flexibility index (Phi) is 2.30. The van der Waals surface area contributed by atoms with Gasteiger partial charge in [-0.2, -0.15) is 0 Å². The molecule has 9 heavy (non-hydrogen) atoms. The highest BCUT2D eigenvalue weighted by Gasteiger charge is 1.90. The van der Waals surface area contributed by atoms with Gasteiger partial charge < -0.3 is 0 Å². The van der Waals surface area contributed by atoms with E-state index in [1.807, 2.05) is 12.3 Å². The largest absolute Gasteiger partial charge is 0.151 e. The van der Waals surface area contributed by atoms with Crippen molar-refractivity contribution in [3.05, 3.63) is 17.3 Å². The lowest BCUT2D eigenvalue weighted by Gasteiger charge is -1.90. The zero-order valence-electron chi connectivity index (χ0n) is 4.84. The van der Waals surface area contributed by atoms with Crippen molar-refractivity contribution in [3.8, 4) is 0 Å². The van der Waals surface area contributed by atoms with Gasteiger partial charge in [-0.25, -0.2) is 0 Å². The summed E-state index contributed by atoms with van der Waals surface area (Å²) < 4.78 is 0. The molecule has 48 valence electrons. The van der Waals surface area contributed by atoms with E-state index in [4.69, 9.17) is 11.6 Å². The molecule has 0 aliphatic carbocycles. The van der Waals surface area contributed by atoms with E-state index in [0.29, 0.717) is 5.15 Å². The molecule has 0 aliphatic rings. The lowest BCUT2D eigenvalue weighted by Crippen LogP contribution is -1.82. The fraction of sp³-hybridized carbons (Fsp3) is 0.200. The van der Waals surface area contributed by atoms with Crippen LogP contribution in [0.4, 0.5) is 0 Å². The maximum Gasteiger partial charge on any atom is 0.151 e. The third-order valence-electron chi connectivity index (χ3n) is 0.817. The Balaban J connectivity index is 2.88. The molecule has 1 heterocycles. The molecule has 1 rings (SSSR count). The highest BCUT2D eigenvalue weighted by atomic mass is 35.5. The molecule has 1 aromatic rings. The molecule has 0 fully saturated rings. The quantitative estimate of drug-likeness (QED) is 0.587. The van der Waals surface area contributed by atoms with E-state index in [1.54, 1.807) is 17.8 Å². The Bertz CT molecular complexity index is 187. The maximum absolute atomic E-state index is 5.49. The predicted molar refractivity (Wildman–Crippen MR) is 38.8 cm³/mol. The molecular formula is C5H5ClN2S. The van der Waals surface area contributed by atoms with Gasteiger partial charge in [0.1, 0.15) is 5.03 Å². The third kappa shape index (κ3) is 1.84. The van der Waals surface area contributed by atoms with Gasteiger partial charge in [0.2, 0.25) is 0 Å². The first-order valence-electron chi connectivity index (χ1n) is 2.36. The van der Waals surface area contributed by atoms with Crippen LogP contribution < -0.4 is 0 Å². The topological polar surface area (TPSA) is 25.8 Å². The lowest BCUT2D eigenvalue weighted by molar-refractivity contribution is 0.932. The molecule has 0 bridgehead atoms. The molecule has 0 N–H and O–H groups in total. The third-order valence-corrected chi connectivity index (χ3v) is 1.65. The fourth-order valence-corrected chi connectivity index (χ4v) is 0.840. The second-order valence-electron chi connectivity index (χ2n) is 1.40. The highest BCUT2D eigenvalue weighted by molar-refractivity contribution is 7.98. The number of halogens is 1. The van der Waals surface area contributed by atoms with Crippen molar-refractivity contribution in [2.45, 2.75) is 5.03 Å². The van der Waals surface area contributed by atoms with Crippen LogP contribution in [0.3, 0.4) is 0 Å². The molecular weight excluding hydrogens is 156 g/mol. The Morgan fingerprint density at radius 3 is 2.67 bits per heavy atom. The van der Waals surface area contributed by atoms with Crippen LogP contribution in [0.15, 0.2) is 17.2 Å². The highest BCUT2D eigenvalue weighted by Crippen LogP contribution is 2.10. The number of thioether (sulfide) groups is 1. The van der Waals surface area contributed by atoms with Gasteiger partial charge in [0.05, 0.1) is 0 Å². The molecule has 0 saturated heterocycles. The molecule has 4 heteroatoms. The standard InChI is InChI=1S/C5H5ClN2S/c1-9-5-3-2-4(6)7-8-5/h2-3H,1H3. The van der Waals surface area contributed by atoms with Crippen LogP contribution >= 0.6 is 23.4 Å². The zero-order chi connectivity index (χ0) is 6.69. The Labute approximate surface area is 62.6 Å². The molecule has 0 unspecified atom stereocenters. The lowest BCUT2D eigenvalue weighted by atomic mass is 10.6. The number of nitrogens with zero attached hydrogens (tertiary/aromatic N) is 2. The van der Waals surface area contributed by atoms with Gasteiger partial charge in [-0.15, -0.1) is 22.0 Å². The second-order valence-corrected chi connectivity index (χ2v) is 2.61. The first-order valence-corrected chi connectivity index (χ1v) is 3.96. The first-order chi connectivity index (χ1) is 4.33. The van der Waals surface area contributed by atoms with E-state index < -0.39 is 0 Å². The normalized spacial score (nSPS) is 9.56. The molecule has 0 atom stereocenters. The van der Waals surface area contributed by atoms with Gasteiger partial charge >= 0.3 is 0 Å². The second kappa shape index (κ2) is 3.03. The molecule has 0 spiro atoms. The van der Waals surface area contributed by atoms with Crippen molar-refractivity contribution in [2.24, 2.45) is 0 Å². The SMILES string of the molecule is CSc1ccc(Cl)nn1. The minimum Gasteiger partial charge on any atom is -0.143 e. The van der Waals surface area contributed by atoms with Crippen molar-refractivity contribution < 1.29 is 0 Å². The van der Waals surface area contributed by atoms with E-state index in [0.717, 1.165) is 5.03 Å². The van der Waals surface area contributed by atoms with Gasteiger partial charge in [-0.3, -0.25) is 0 Å². The van der Waals surface area contributed by atoms with Crippen LogP contribution in [0.2, 0.25) is 5.15 Å². The van der Waals surface area contributed by atoms with Crippen molar-refractivity contribution >= 4 is 23.4 Å². The average molecular weight is 161 g/mol. The van der Waals surface area contributed by atoms with Crippen molar-refractivity contribution in [2.75, 3.05) is 6.26 Å². The molecule has 0 aliphatic heterocycles. The van der Waals surface area contributed by atoms with Crippen molar-refractivity contribution in [1.82, 2.24) is 10.2 Å². The minimum absolute atomic E-state index is 0.438. The summed E-state index contributed by atoms with van der Waals surface area (Å²) in [5.41, 5.74) is 0. The predicted octanol–water partition coefficient (Wildman–Crippen LogP) is 1.85. The number of aromatic nitrogens is 2. The number of hydrogen-bond acceptors (Lipinski definition) is 3. The van der Waals surface area contributed by atoms with Crippen LogP contribution in [0.25, 0.3) is 0 Å². The number of hydrogen-bond donors (Lipinski definition) is 0. The fourth-order valence-electron chi connectivity index (χ4n) is 0.413. The molecule has 0 amide bonds. The molecule has 0 radical (unpaired) electrons. The van der Waals surface area contributed by atoms with Crippen molar-refractivity contribution in [1.29, 1.82) is 0 Å². The summed E-state index contributed by atoms with van der Waals surface area (Å²) in [5, 5.41) is 8.75. The smallest absolute Gasteiger partial charge is 0.143 e. The van der Waals surface area contributed by atoms with Crippen LogP contribution in [-0.4, -0.2) is 16.5 Å². The summed E-state index contributed by atoms with van der Waals surface area (Å²) in [5.74, 6) is 0. The van der Waals surface area contributed by atoms with Crippen LogP contribution in [-0.2, 0) is 0 Å². The van der Waals surface area contributed by atoms with E-state index in [9.17, 15) is 0 Å². The Morgan fingerprint density at radius 1 is 1.44 bits per heavy atom. The van der Waals surface area contributed by atoms with Gasteiger partial charge in [-0.1, -0.05) is 11.6 Å². The van der Waals surface area contributed by atoms with Gasteiger partial charge in [0, 0.05) is 0 Å². The van der Waals surface area contributed by atoms with Gasteiger partial charge in [0.15, 0.2) is 5.15 Å². The summed E-state index contributed by atoms with van der Waals surface area (Å²) >= 11 is 7.03. The van der Waals surface area contributed by atoms with Gasteiger partial charge in [0.25, 0.3) is 0 Å². The van der Waals surface area contributed by atoms with E-state index >= 15 is 0 Å². The monoisotopic (exact) mass is 160 g/mol. The Morgan fingerprint density at radius 2 is 2.22 bits per heavy atom. The van der Waals surface area contributed by atoms with Gasteiger partial charge in [-0.05, 0) is 18.4 Å². The van der Waals surface area contributed by atoms with E-state index in [-0.39, 0.29) is 0 Å². The zero-order valence-corrected chi connectivity index (χ0v) is 6.41. The molecule has 0 saturated carbocycles. The summed E-state index contributed by atoms with van der Waals surface area (Å²) in [6.07, 6.45) is 1.94. The van der Waals surface area contributed by atoms with Crippen LogP contribution in [0.5, 0.6) is 0 Å². The average Bonchev–Trinajstić information content (AvgIpc) is 1.90.